The summed E-state index contributed by atoms with van der Waals surface area (Å²) < 4.78 is 0. The third-order valence-corrected chi connectivity index (χ3v) is 5.07. The molecule has 2 aromatic rings. The predicted octanol–water partition coefficient (Wildman–Crippen LogP) is -0.330. The standard InChI is InChI=1S/C18H23N7O/c19-17-15(13-4-2-1-3-5-13)16(22-23-17)18(26)25-10-8-24(9-11-25)14-12-20-6-7-21-14/h1-7,12,15-17,22-23H,8-11,19H2. The zero-order valence-electron chi connectivity index (χ0n) is 14.5. The quantitative estimate of drug-likeness (QED) is 0.695. The molecule has 4 rings (SSSR count). The summed E-state index contributed by atoms with van der Waals surface area (Å²) in [6, 6.07) is 9.59. The van der Waals surface area contributed by atoms with Crippen LogP contribution in [0.25, 0.3) is 0 Å². The highest BCUT2D eigenvalue weighted by molar-refractivity contribution is 5.84. The first-order valence-corrected chi connectivity index (χ1v) is 8.85. The van der Waals surface area contributed by atoms with E-state index in [4.69, 9.17) is 5.73 Å². The summed E-state index contributed by atoms with van der Waals surface area (Å²) >= 11 is 0. The molecular weight excluding hydrogens is 330 g/mol. The number of hydrogen-bond acceptors (Lipinski definition) is 7. The first-order valence-electron chi connectivity index (χ1n) is 8.85. The first kappa shape index (κ1) is 16.9. The number of nitrogens with two attached hydrogens (primary N) is 1. The van der Waals surface area contributed by atoms with Crippen LogP contribution in [0.2, 0.25) is 0 Å². The lowest BCUT2D eigenvalue weighted by atomic mass is 9.90. The minimum Gasteiger partial charge on any atom is -0.352 e. The fraction of sp³-hybridized carbons (Fsp3) is 0.389. The fourth-order valence-electron chi connectivity index (χ4n) is 3.67. The maximum atomic E-state index is 13.1. The third-order valence-electron chi connectivity index (χ3n) is 5.07. The van der Waals surface area contributed by atoms with Gasteiger partial charge in [0.25, 0.3) is 0 Å². The van der Waals surface area contributed by atoms with E-state index in [0.29, 0.717) is 13.1 Å². The van der Waals surface area contributed by atoms with Crippen molar-refractivity contribution in [3.8, 4) is 0 Å². The number of hydrazine groups is 1. The lowest BCUT2D eigenvalue weighted by Crippen LogP contribution is -2.54. The molecular formula is C18H23N7O. The molecule has 1 aromatic carbocycles. The van der Waals surface area contributed by atoms with E-state index >= 15 is 0 Å². The van der Waals surface area contributed by atoms with Crippen LogP contribution in [0.3, 0.4) is 0 Å². The van der Waals surface area contributed by atoms with E-state index in [0.717, 1.165) is 24.5 Å². The van der Waals surface area contributed by atoms with Gasteiger partial charge in [-0.3, -0.25) is 9.78 Å². The summed E-state index contributed by atoms with van der Waals surface area (Å²) in [6.07, 6.45) is 4.80. The van der Waals surface area contributed by atoms with E-state index in [1.54, 1.807) is 18.6 Å². The monoisotopic (exact) mass is 353 g/mol. The van der Waals surface area contributed by atoms with Gasteiger partial charge in [-0.15, -0.1) is 0 Å². The average molecular weight is 353 g/mol. The molecule has 2 aliphatic rings. The van der Waals surface area contributed by atoms with Crippen molar-refractivity contribution < 1.29 is 4.79 Å². The second-order valence-electron chi connectivity index (χ2n) is 6.60. The zero-order chi connectivity index (χ0) is 17.9. The van der Waals surface area contributed by atoms with Gasteiger partial charge in [-0.25, -0.2) is 15.8 Å². The lowest BCUT2D eigenvalue weighted by molar-refractivity contribution is -0.133. The van der Waals surface area contributed by atoms with Crippen molar-refractivity contribution in [2.75, 3.05) is 31.1 Å². The Morgan fingerprint density at radius 1 is 1.08 bits per heavy atom. The predicted molar refractivity (Wildman–Crippen MR) is 98.0 cm³/mol. The average Bonchev–Trinajstić information content (AvgIpc) is 3.10. The molecule has 0 aliphatic carbocycles. The van der Waals surface area contributed by atoms with Crippen LogP contribution in [-0.2, 0) is 4.79 Å². The van der Waals surface area contributed by atoms with Crippen LogP contribution in [0.5, 0.6) is 0 Å². The number of piperazine rings is 1. The molecule has 26 heavy (non-hydrogen) atoms. The van der Waals surface area contributed by atoms with Gasteiger partial charge in [0.15, 0.2) is 0 Å². The summed E-state index contributed by atoms with van der Waals surface area (Å²) in [4.78, 5) is 25.6. The molecule has 3 atom stereocenters. The molecule has 2 fully saturated rings. The van der Waals surface area contributed by atoms with Gasteiger partial charge >= 0.3 is 0 Å². The Kier molecular flexibility index (Phi) is 4.79. The molecule has 2 saturated heterocycles. The van der Waals surface area contributed by atoms with Crippen LogP contribution in [0.15, 0.2) is 48.9 Å². The van der Waals surface area contributed by atoms with Crippen LogP contribution in [0.1, 0.15) is 11.5 Å². The van der Waals surface area contributed by atoms with Gasteiger partial charge in [0, 0.05) is 44.5 Å². The molecule has 2 aliphatic heterocycles. The molecule has 4 N–H and O–H groups in total. The van der Waals surface area contributed by atoms with Gasteiger partial charge in [-0.05, 0) is 5.56 Å². The zero-order valence-corrected chi connectivity index (χ0v) is 14.5. The maximum Gasteiger partial charge on any atom is 0.241 e. The maximum absolute atomic E-state index is 13.1. The number of hydrogen-bond donors (Lipinski definition) is 3. The van der Waals surface area contributed by atoms with E-state index in [9.17, 15) is 4.79 Å². The van der Waals surface area contributed by atoms with E-state index in [-0.39, 0.29) is 24.0 Å². The molecule has 8 nitrogen and oxygen atoms in total. The van der Waals surface area contributed by atoms with Crippen LogP contribution in [0, 0.1) is 0 Å². The largest absolute Gasteiger partial charge is 0.352 e. The fourth-order valence-corrected chi connectivity index (χ4v) is 3.67. The molecule has 8 heteroatoms. The third kappa shape index (κ3) is 3.26. The van der Waals surface area contributed by atoms with Gasteiger partial charge in [-0.1, -0.05) is 30.3 Å². The van der Waals surface area contributed by atoms with Gasteiger partial charge < -0.3 is 15.5 Å². The van der Waals surface area contributed by atoms with E-state index in [1.807, 2.05) is 35.2 Å². The van der Waals surface area contributed by atoms with Crippen LogP contribution in [0.4, 0.5) is 5.82 Å². The van der Waals surface area contributed by atoms with Crippen molar-refractivity contribution in [1.82, 2.24) is 25.7 Å². The molecule has 0 radical (unpaired) electrons. The number of carbonyl (C=O) groups is 1. The number of benzene rings is 1. The van der Waals surface area contributed by atoms with Crippen molar-refractivity contribution >= 4 is 11.7 Å². The molecule has 3 heterocycles. The minimum atomic E-state index is -0.365. The number of rotatable bonds is 3. The van der Waals surface area contributed by atoms with Gasteiger partial charge in [0.05, 0.1) is 12.4 Å². The summed E-state index contributed by atoms with van der Waals surface area (Å²) in [5.74, 6) is 0.837. The van der Waals surface area contributed by atoms with Crippen molar-refractivity contribution in [1.29, 1.82) is 0 Å². The van der Waals surface area contributed by atoms with Crippen molar-refractivity contribution in [2.45, 2.75) is 18.1 Å². The second kappa shape index (κ2) is 7.36. The van der Waals surface area contributed by atoms with Crippen LogP contribution < -0.4 is 21.5 Å². The lowest BCUT2D eigenvalue weighted by Gasteiger charge is -2.37. The number of anilines is 1. The van der Waals surface area contributed by atoms with Gasteiger partial charge in [0.2, 0.25) is 5.91 Å². The summed E-state index contributed by atoms with van der Waals surface area (Å²) in [5.41, 5.74) is 13.4. The number of carbonyl (C=O) groups excluding carboxylic acids is 1. The molecule has 3 unspecified atom stereocenters. The summed E-state index contributed by atoms with van der Waals surface area (Å²) in [5, 5.41) is 0. The van der Waals surface area contributed by atoms with E-state index in [1.165, 1.54) is 0 Å². The second-order valence-corrected chi connectivity index (χ2v) is 6.60. The summed E-state index contributed by atoms with van der Waals surface area (Å²) in [6.45, 7) is 2.80. The van der Waals surface area contributed by atoms with Crippen molar-refractivity contribution in [2.24, 2.45) is 5.73 Å². The molecule has 0 saturated carbocycles. The highest BCUT2D eigenvalue weighted by Crippen LogP contribution is 2.26. The van der Waals surface area contributed by atoms with Crippen LogP contribution in [-0.4, -0.2) is 59.2 Å². The number of amides is 1. The van der Waals surface area contributed by atoms with E-state index < -0.39 is 0 Å². The normalized spacial score (nSPS) is 26.1. The Labute approximate surface area is 152 Å². The Balaban J connectivity index is 1.43. The van der Waals surface area contributed by atoms with Crippen LogP contribution >= 0.6 is 0 Å². The molecule has 1 aromatic heterocycles. The summed E-state index contributed by atoms with van der Waals surface area (Å²) in [7, 11) is 0. The Morgan fingerprint density at radius 2 is 1.85 bits per heavy atom. The first-order chi connectivity index (χ1) is 12.7. The Bertz CT molecular complexity index is 734. The molecule has 136 valence electrons. The Morgan fingerprint density at radius 3 is 2.54 bits per heavy atom. The van der Waals surface area contributed by atoms with Crippen molar-refractivity contribution in [3.05, 3.63) is 54.5 Å². The highest BCUT2D eigenvalue weighted by atomic mass is 16.2. The smallest absolute Gasteiger partial charge is 0.241 e. The topological polar surface area (TPSA) is 99.4 Å². The molecule has 1 amide bonds. The number of aromatic nitrogens is 2. The van der Waals surface area contributed by atoms with Gasteiger partial charge in [0.1, 0.15) is 11.9 Å². The minimum absolute atomic E-state index is 0.0816. The molecule has 0 spiro atoms. The van der Waals surface area contributed by atoms with Gasteiger partial charge in [-0.2, -0.15) is 0 Å². The highest BCUT2D eigenvalue weighted by Gasteiger charge is 2.41. The van der Waals surface area contributed by atoms with Crippen molar-refractivity contribution in [3.63, 3.8) is 0 Å². The SMILES string of the molecule is NC1NNC(C(=O)N2CCN(c3cnccn3)CC2)C1c1ccccc1. The van der Waals surface area contributed by atoms with E-state index in [2.05, 4.69) is 25.7 Å². The Hall–Kier alpha value is -2.55. The number of nitrogens with zero attached hydrogens (tertiary/aromatic N) is 4. The molecule has 0 bridgehead atoms. The number of nitrogens with one attached hydrogen (secondary N) is 2.